The summed E-state index contributed by atoms with van der Waals surface area (Å²) in [6.07, 6.45) is 0.329. The van der Waals surface area contributed by atoms with E-state index in [0.29, 0.717) is 32.0 Å². The highest BCUT2D eigenvalue weighted by Gasteiger charge is 2.32. The smallest absolute Gasteiger partial charge is 0.313 e. The number of carbonyl (C=O) groups is 1. The molecule has 0 radical (unpaired) electrons. The zero-order valence-electron chi connectivity index (χ0n) is 13.4. The second-order valence-corrected chi connectivity index (χ2v) is 5.37. The molecule has 1 aliphatic heterocycles. The van der Waals surface area contributed by atoms with Crippen LogP contribution in [0.2, 0.25) is 0 Å². The number of benzene rings is 1. The summed E-state index contributed by atoms with van der Waals surface area (Å²) in [4.78, 5) is 12.4. The molecule has 0 aliphatic carbocycles. The third-order valence-electron chi connectivity index (χ3n) is 3.81. The van der Waals surface area contributed by atoms with E-state index in [0.717, 1.165) is 5.56 Å². The molecule has 0 N–H and O–H groups in total. The van der Waals surface area contributed by atoms with Crippen LogP contribution >= 0.6 is 0 Å². The summed E-state index contributed by atoms with van der Waals surface area (Å²) in [5, 5.41) is 0. The van der Waals surface area contributed by atoms with Crippen LogP contribution in [0.4, 0.5) is 0 Å². The maximum absolute atomic E-state index is 12.4. The van der Waals surface area contributed by atoms with E-state index in [9.17, 15) is 4.79 Å². The number of ether oxygens (including phenoxy) is 4. The highest BCUT2D eigenvalue weighted by Crippen LogP contribution is 2.34. The third kappa shape index (κ3) is 3.99. The molecule has 0 amide bonds. The lowest BCUT2D eigenvalue weighted by Crippen LogP contribution is -2.25. The average molecular weight is 308 g/mol. The van der Waals surface area contributed by atoms with E-state index >= 15 is 0 Å². The molecule has 122 valence electrons. The second-order valence-electron chi connectivity index (χ2n) is 5.37. The average Bonchev–Trinajstić information content (AvgIpc) is 3.07. The fourth-order valence-corrected chi connectivity index (χ4v) is 2.74. The topological polar surface area (TPSA) is 54.0 Å². The summed E-state index contributed by atoms with van der Waals surface area (Å²) < 4.78 is 21.7. The van der Waals surface area contributed by atoms with Crippen molar-refractivity contribution in [3.8, 4) is 5.75 Å². The minimum atomic E-state index is -0.390. The van der Waals surface area contributed by atoms with Gasteiger partial charge in [0.25, 0.3) is 0 Å². The van der Waals surface area contributed by atoms with Gasteiger partial charge in [0, 0.05) is 11.5 Å². The van der Waals surface area contributed by atoms with Gasteiger partial charge in [0.05, 0.1) is 32.8 Å². The lowest BCUT2D eigenvalue weighted by atomic mass is 9.88. The van der Waals surface area contributed by atoms with Crippen LogP contribution in [0.15, 0.2) is 24.3 Å². The van der Waals surface area contributed by atoms with Crippen molar-refractivity contribution < 1.29 is 23.7 Å². The first-order chi connectivity index (χ1) is 10.7. The van der Waals surface area contributed by atoms with Crippen molar-refractivity contribution in [3.63, 3.8) is 0 Å². The standard InChI is InChI=1S/C17H24O5/c1-4-20-16(18)14(11-12(2)17-21-9-10-22-17)13-7-5-6-8-15(13)19-3/h5-8,12,14,17H,4,9-11H2,1-3H3. The summed E-state index contributed by atoms with van der Waals surface area (Å²) in [7, 11) is 1.60. The Bertz CT molecular complexity index is 482. The van der Waals surface area contributed by atoms with Crippen LogP contribution in [-0.4, -0.2) is 39.2 Å². The van der Waals surface area contributed by atoms with Gasteiger partial charge in [-0.3, -0.25) is 4.79 Å². The van der Waals surface area contributed by atoms with Gasteiger partial charge in [0.2, 0.25) is 0 Å². The Kier molecular flexibility index (Phi) is 6.21. The van der Waals surface area contributed by atoms with E-state index in [2.05, 4.69) is 0 Å². The van der Waals surface area contributed by atoms with E-state index in [-0.39, 0.29) is 24.1 Å². The van der Waals surface area contributed by atoms with Crippen LogP contribution in [-0.2, 0) is 19.0 Å². The van der Waals surface area contributed by atoms with Crippen molar-refractivity contribution >= 4 is 5.97 Å². The highest BCUT2D eigenvalue weighted by molar-refractivity contribution is 5.79. The molecule has 2 atom stereocenters. The van der Waals surface area contributed by atoms with Crippen LogP contribution < -0.4 is 4.74 Å². The Morgan fingerprint density at radius 2 is 2.00 bits per heavy atom. The van der Waals surface area contributed by atoms with E-state index in [4.69, 9.17) is 18.9 Å². The second kappa shape index (κ2) is 8.15. The van der Waals surface area contributed by atoms with Gasteiger partial charge in [-0.15, -0.1) is 0 Å². The van der Waals surface area contributed by atoms with E-state index in [1.807, 2.05) is 38.1 Å². The van der Waals surface area contributed by atoms with Gasteiger partial charge in [-0.1, -0.05) is 25.1 Å². The van der Waals surface area contributed by atoms with Crippen LogP contribution in [0.1, 0.15) is 31.7 Å². The molecule has 0 bridgehead atoms. The molecule has 1 heterocycles. The molecule has 0 aromatic heterocycles. The molecule has 2 rings (SSSR count). The van der Waals surface area contributed by atoms with Gasteiger partial charge >= 0.3 is 5.97 Å². The quantitative estimate of drug-likeness (QED) is 0.725. The van der Waals surface area contributed by atoms with E-state index < -0.39 is 0 Å². The highest BCUT2D eigenvalue weighted by atomic mass is 16.7. The Hall–Kier alpha value is -1.59. The summed E-state index contributed by atoms with van der Waals surface area (Å²) >= 11 is 0. The van der Waals surface area contributed by atoms with Crippen molar-refractivity contribution in [2.45, 2.75) is 32.5 Å². The Labute approximate surface area is 131 Å². The molecule has 5 heteroatoms. The fraction of sp³-hybridized carbons (Fsp3) is 0.588. The Morgan fingerprint density at radius 1 is 1.32 bits per heavy atom. The number of esters is 1. The van der Waals surface area contributed by atoms with Crippen molar-refractivity contribution in [1.82, 2.24) is 0 Å². The predicted octanol–water partition coefficient (Wildman–Crippen LogP) is 2.74. The molecule has 1 aromatic rings. The first kappa shape index (κ1) is 16.8. The molecular weight excluding hydrogens is 284 g/mol. The lowest BCUT2D eigenvalue weighted by molar-refractivity contribution is -0.146. The maximum atomic E-state index is 12.4. The summed E-state index contributed by atoms with van der Waals surface area (Å²) in [5.74, 6) is 0.151. The summed E-state index contributed by atoms with van der Waals surface area (Å²) in [5.41, 5.74) is 0.841. The van der Waals surface area contributed by atoms with Crippen LogP contribution in [0.5, 0.6) is 5.75 Å². The molecule has 1 aliphatic rings. The van der Waals surface area contributed by atoms with E-state index in [1.165, 1.54) is 0 Å². The number of rotatable bonds is 7. The third-order valence-corrected chi connectivity index (χ3v) is 3.81. The molecule has 2 unspecified atom stereocenters. The number of carbonyl (C=O) groups excluding carboxylic acids is 1. The van der Waals surface area contributed by atoms with E-state index in [1.54, 1.807) is 7.11 Å². The predicted molar refractivity (Wildman–Crippen MR) is 81.8 cm³/mol. The lowest BCUT2D eigenvalue weighted by Gasteiger charge is -2.24. The van der Waals surface area contributed by atoms with Crippen LogP contribution in [0.25, 0.3) is 0 Å². The minimum Gasteiger partial charge on any atom is -0.496 e. The molecule has 1 saturated heterocycles. The normalized spacial score (nSPS) is 18.0. The number of methoxy groups -OCH3 is 1. The zero-order chi connectivity index (χ0) is 15.9. The van der Waals surface area contributed by atoms with Crippen LogP contribution in [0, 0.1) is 5.92 Å². The molecule has 0 spiro atoms. The van der Waals surface area contributed by atoms with Crippen molar-refractivity contribution in [1.29, 1.82) is 0 Å². The van der Waals surface area contributed by atoms with Crippen molar-refractivity contribution in [2.75, 3.05) is 26.9 Å². The van der Waals surface area contributed by atoms with Gasteiger partial charge in [0.1, 0.15) is 5.75 Å². The number of para-hydroxylation sites is 1. The van der Waals surface area contributed by atoms with Crippen molar-refractivity contribution in [3.05, 3.63) is 29.8 Å². The van der Waals surface area contributed by atoms with Gasteiger partial charge in [-0.25, -0.2) is 0 Å². The molecule has 5 nitrogen and oxygen atoms in total. The first-order valence-electron chi connectivity index (χ1n) is 7.70. The van der Waals surface area contributed by atoms with Gasteiger partial charge in [-0.05, 0) is 19.4 Å². The Balaban J connectivity index is 2.20. The van der Waals surface area contributed by atoms with Crippen molar-refractivity contribution in [2.24, 2.45) is 5.92 Å². The summed E-state index contributed by atoms with van der Waals surface area (Å²) in [6.45, 7) is 5.40. The minimum absolute atomic E-state index is 0.0850. The maximum Gasteiger partial charge on any atom is 0.313 e. The largest absolute Gasteiger partial charge is 0.496 e. The van der Waals surface area contributed by atoms with Gasteiger partial charge < -0.3 is 18.9 Å². The Morgan fingerprint density at radius 3 is 2.64 bits per heavy atom. The zero-order valence-corrected chi connectivity index (χ0v) is 13.4. The molecule has 1 aromatic carbocycles. The van der Waals surface area contributed by atoms with Gasteiger partial charge in [0.15, 0.2) is 6.29 Å². The number of hydrogen-bond acceptors (Lipinski definition) is 5. The molecular formula is C17H24O5. The summed E-state index contributed by atoms with van der Waals surface area (Å²) in [6, 6.07) is 7.55. The van der Waals surface area contributed by atoms with Gasteiger partial charge in [-0.2, -0.15) is 0 Å². The number of hydrogen-bond donors (Lipinski definition) is 0. The fourth-order valence-electron chi connectivity index (χ4n) is 2.74. The SMILES string of the molecule is CCOC(=O)C(CC(C)C1OCCO1)c1ccccc1OC. The monoisotopic (exact) mass is 308 g/mol. The molecule has 22 heavy (non-hydrogen) atoms. The first-order valence-corrected chi connectivity index (χ1v) is 7.70. The molecule has 0 saturated carbocycles. The molecule has 1 fully saturated rings. The van der Waals surface area contributed by atoms with Crippen LogP contribution in [0.3, 0.4) is 0 Å².